The summed E-state index contributed by atoms with van der Waals surface area (Å²) in [7, 11) is 0. The summed E-state index contributed by atoms with van der Waals surface area (Å²) in [5.74, 6) is 0.736. The fourth-order valence-corrected chi connectivity index (χ4v) is 0.685. The second-order valence-electron chi connectivity index (χ2n) is 2.22. The summed E-state index contributed by atoms with van der Waals surface area (Å²) >= 11 is 0. The van der Waals surface area contributed by atoms with Crippen LogP contribution in [-0.2, 0) is 37.4 Å². The smallest absolute Gasteiger partial charge is 0.0203 e. The van der Waals surface area contributed by atoms with E-state index in [-0.39, 0.29) is 32.7 Å². The molecule has 1 aliphatic heterocycles. The molecule has 1 fully saturated rings. The number of hydrogen-bond donors (Lipinski definition) is 0. The third kappa shape index (κ3) is 2.12. The zero-order valence-corrected chi connectivity index (χ0v) is 8.26. The Morgan fingerprint density at radius 2 is 2.12 bits per heavy atom. The molecular weight excluding hydrogens is 177 g/mol. The first-order chi connectivity index (χ1) is 3.30. The van der Waals surface area contributed by atoms with Crippen LogP contribution in [0.2, 0.25) is 0 Å². The fourth-order valence-electron chi connectivity index (χ4n) is 0.685. The third-order valence-corrected chi connectivity index (χ3v) is 1.58. The van der Waals surface area contributed by atoms with E-state index in [0.717, 1.165) is 12.3 Å². The SMILES string of the molecule is CC1C[CH-]OC1C.[Y]. The summed E-state index contributed by atoms with van der Waals surface area (Å²) in [6.45, 7) is 6.21. The topological polar surface area (TPSA) is 9.23 Å². The van der Waals surface area contributed by atoms with Crippen LogP contribution in [0.4, 0.5) is 0 Å². The minimum absolute atomic E-state index is 0. The zero-order chi connectivity index (χ0) is 5.28. The molecule has 0 aromatic rings. The third-order valence-electron chi connectivity index (χ3n) is 1.58. The van der Waals surface area contributed by atoms with E-state index in [1.54, 1.807) is 0 Å². The van der Waals surface area contributed by atoms with Gasteiger partial charge < -0.3 is 4.74 Å². The summed E-state index contributed by atoms with van der Waals surface area (Å²) in [6, 6.07) is 0. The molecule has 0 amide bonds. The molecule has 0 bridgehead atoms. The predicted molar refractivity (Wildman–Crippen MR) is 28.6 cm³/mol. The van der Waals surface area contributed by atoms with Gasteiger partial charge in [-0.2, -0.15) is 6.42 Å². The Morgan fingerprint density at radius 3 is 2.25 bits per heavy atom. The van der Waals surface area contributed by atoms with E-state index in [1.165, 1.54) is 0 Å². The second kappa shape index (κ2) is 3.97. The Balaban J connectivity index is 0.000000490. The van der Waals surface area contributed by atoms with Gasteiger partial charge in [-0.15, -0.1) is 0 Å². The number of hydrogen-bond acceptors (Lipinski definition) is 1. The van der Waals surface area contributed by atoms with Gasteiger partial charge in [-0.25, -0.2) is 6.61 Å². The molecule has 1 heterocycles. The number of rotatable bonds is 0. The van der Waals surface area contributed by atoms with Gasteiger partial charge in [0.25, 0.3) is 0 Å². The van der Waals surface area contributed by atoms with E-state index >= 15 is 0 Å². The summed E-state index contributed by atoms with van der Waals surface area (Å²) in [4.78, 5) is 0. The Labute approximate surface area is 76.1 Å². The minimum Gasteiger partial charge on any atom is -0.550 e. The van der Waals surface area contributed by atoms with Crippen molar-refractivity contribution in [2.45, 2.75) is 26.4 Å². The largest absolute Gasteiger partial charge is 0.550 e. The molecule has 2 unspecified atom stereocenters. The van der Waals surface area contributed by atoms with Crippen LogP contribution >= 0.6 is 0 Å². The fraction of sp³-hybridized carbons (Fsp3) is 0.833. The maximum absolute atomic E-state index is 5.14. The minimum atomic E-state index is 0. The Bertz CT molecular complexity index is 57.5. The monoisotopic (exact) mass is 188 g/mol. The summed E-state index contributed by atoms with van der Waals surface area (Å²) in [5, 5.41) is 0. The van der Waals surface area contributed by atoms with Crippen LogP contribution < -0.4 is 0 Å². The molecule has 8 heavy (non-hydrogen) atoms. The van der Waals surface area contributed by atoms with Gasteiger partial charge in [-0.05, 0) is 12.8 Å². The van der Waals surface area contributed by atoms with Crippen molar-refractivity contribution >= 4 is 0 Å². The zero-order valence-electron chi connectivity index (χ0n) is 5.42. The van der Waals surface area contributed by atoms with Crippen LogP contribution in [0, 0.1) is 12.5 Å². The second-order valence-corrected chi connectivity index (χ2v) is 2.22. The molecule has 2 heteroatoms. The first kappa shape index (κ1) is 9.06. The van der Waals surface area contributed by atoms with E-state index in [9.17, 15) is 0 Å². The molecule has 1 aliphatic rings. The normalized spacial score (nSPS) is 36.8. The van der Waals surface area contributed by atoms with Gasteiger partial charge in [0.05, 0.1) is 0 Å². The van der Waals surface area contributed by atoms with Crippen molar-refractivity contribution in [1.29, 1.82) is 0 Å². The van der Waals surface area contributed by atoms with Crippen LogP contribution in [-0.4, -0.2) is 6.10 Å². The van der Waals surface area contributed by atoms with Gasteiger partial charge >= 0.3 is 0 Å². The van der Waals surface area contributed by atoms with Crippen molar-refractivity contribution in [3.8, 4) is 0 Å². The summed E-state index contributed by atoms with van der Waals surface area (Å²) in [5.41, 5.74) is 0. The Morgan fingerprint density at radius 1 is 1.50 bits per heavy atom. The first-order valence-electron chi connectivity index (χ1n) is 2.78. The molecule has 2 atom stereocenters. The number of ether oxygens (including phenoxy) is 1. The molecule has 0 saturated carbocycles. The Kier molecular flexibility index (Phi) is 4.50. The predicted octanol–water partition coefficient (Wildman–Crippen LogP) is 1.59. The van der Waals surface area contributed by atoms with Crippen molar-refractivity contribution in [2.24, 2.45) is 5.92 Å². The molecule has 0 N–H and O–H groups in total. The van der Waals surface area contributed by atoms with Gasteiger partial charge in [0.2, 0.25) is 0 Å². The van der Waals surface area contributed by atoms with Gasteiger partial charge in [-0.3, -0.25) is 0 Å². The van der Waals surface area contributed by atoms with Crippen molar-refractivity contribution in [3.63, 3.8) is 0 Å². The van der Waals surface area contributed by atoms with Crippen molar-refractivity contribution < 1.29 is 37.4 Å². The summed E-state index contributed by atoms with van der Waals surface area (Å²) < 4.78 is 5.14. The van der Waals surface area contributed by atoms with Crippen LogP contribution in [0.15, 0.2) is 0 Å². The molecule has 0 aromatic heterocycles. The molecule has 1 nitrogen and oxygen atoms in total. The molecule has 1 rings (SSSR count). The molecule has 0 aromatic carbocycles. The van der Waals surface area contributed by atoms with Gasteiger partial charge in [0.15, 0.2) is 0 Å². The van der Waals surface area contributed by atoms with E-state index in [0.29, 0.717) is 6.10 Å². The van der Waals surface area contributed by atoms with E-state index < -0.39 is 0 Å². The standard InChI is InChI=1S/C6H11O.Y/c1-5-3-4-7-6(5)2;/h4-6H,3H2,1-2H3;/q-1;. The van der Waals surface area contributed by atoms with Crippen molar-refractivity contribution in [1.82, 2.24) is 0 Å². The van der Waals surface area contributed by atoms with Crippen LogP contribution in [0.1, 0.15) is 20.3 Å². The average molecular weight is 188 g/mol. The molecule has 45 valence electrons. The van der Waals surface area contributed by atoms with Gasteiger partial charge in [0, 0.05) is 38.8 Å². The molecule has 0 spiro atoms. The van der Waals surface area contributed by atoms with Crippen molar-refractivity contribution in [3.05, 3.63) is 6.61 Å². The van der Waals surface area contributed by atoms with E-state index in [4.69, 9.17) is 4.74 Å². The molecular formula is C6H11OY-. The first-order valence-corrected chi connectivity index (χ1v) is 2.78. The van der Waals surface area contributed by atoms with Crippen LogP contribution in [0.3, 0.4) is 0 Å². The van der Waals surface area contributed by atoms with E-state index in [1.807, 2.05) is 6.61 Å². The van der Waals surface area contributed by atoms with Crippen LogP contribution in [0.5, 0.6) is 0 Å². The maximum Gasteiger partial charge on any atom is 0.0203 e. The van der Waals surface area contributed by atoms with Crippen molar-refractivity contribution in [2.75, 3.05) is 0 Å². The average Bonchev–Trinajstić information content (AvgIpc) is 1.91. The Hall–Kier alpha value is 1.06. The summed E-state index contributed by atoms with van der Waals surface area (Å²) in [6.07, 6.45) is 1.58. The quantitative estimate of drug-likeness (QED) is 0.524. The molecule has 1 radical (unpaired) electrons. The van der Waals surface area contributed by atoms with Gasteiger partial charge in [-0.1, -0.05) is 6.92 Å². The maximum atomic E-state index is 5.14. The van der Waals surface area contributed by atoms with Gasteiger partial charge in [0.1, 0.15) is 0 Å². The molecule has 1 saturated heterocycles. The molecule has 0 aliphatic carbocycles. The van der Waals surface area contributed by atoms with E-state index in [2.05, 4.69) is 13.8 Å². The van der Waals surface area contributed by atoms with Crippen LogP contribution in [0.25, 0.3) is 0 Å².